The molecule has 0 saturated heterocycles. The highest BCUT2D eigenvalue weighted by Crippen LogP contribution is 2.50. The van der Waals surface area contributed by atoms with Crippen molar-refractivity contribution in [2.24, 2.45) is 5.10 Å². The van der Waals surface area contributed by atoms with E-state index in [2.05, 4.69) is 47.5 Å². The second-order valence-corrected chi connectivity index (χ2v) is 8.99. The number of nitrogens with one attached hydrogen (secondary N) is 1. The van der Waals surface area contributed by atoms with Crippen molar-refractivity contribution in [3.05, 3.63) is 101 Å². The summed E-state index contributed by atoms with van der Waals surface area (Å²) in [5.74, 6) is 1.26. The summed E-state index contributed by atoms with van der Waals surface area (Å²) in [6.45, 7) is 5.31. The molecule has 3 aromatic carbocycles. The number of ether oxygens (including phenoxy) is 2. The second-order valence-electron chi connectivity index (χ2n) is 8.99. The standard InChI is InChI=1S/C30H33N3O4/c1-4-33-27-14-13-24(36-3)20-26(27)30(2,21-22-9-8-12-25(19-22)37-18-17-34)28(33)15-16-31-32-29(35)23-10-6-5-7-11-23/h5-16,19-20,34H,4,17-18,21H2,1-3H3,(H,32,35)/b28-15-,31-16+. The maximum absolute atomic E-state index is 12.4. The minimum atomic E-state index is -0.398. The minimum Gasteiger partial charge on any atom is -0.497 e. The molecule has 0 bridgehead atoms. The van der Waals surface area contributed by atoms with Crippen molar-refractivity contribution in [3.8, 4) is 11.5 Å². The Morgan fingerprint density at radius 3 is 2.62 bits per heavy atom. The Balaban J connectivity index is 1.68. The number of likely N-dealkylation sites (N-methyl/N-ethyl adjacent to an activating group) is 1. The number of amides is 1. The van der Waals surface area contributed by atoms with Crippen LogP contribution in [0.3, 0.4) is 0 Å². The molecule has 0 radical (unpaired) electrons. The molecule has 1 amide bonds. The van der Waals surface area contributed by atoms with Gasteiger partial charge in [-0.05, 0) is 79.9 Å². The Hall–Kier alpha value is -4.10. The lowest BCUT2D eigenvalue weighted by Gasteiger charge is -2.30. The molecule has 0 fully saturated rings. The molecule has 1 atom stereocenters. The molecule has 1 aliphatic rings. The van der Waals surface area contributed by atoms with Crippen LogP contribution in [0.25, 0.3) is 0 Å². The van der Waals surface area contributed by atoms with Gasteiger partial charge in [0.15, 0.2) is 0 Å². The first kappa shape index (κ1) is 26.0. The van der Waals surface area contributed by atoms with Gasteiger partial charge in [0.25, 0.3) is 5.91 Å². The molecule has 7 nitrogen and oxygen atoms in total. The Labute approximate surface area is 218 Å². The van der Waals surface area contributed by atoms with E-state index in [0.717, 1.165) is 40.6 Å². The molecule has 1 aliphatic heterocycles. The second kappa shape index (κ2) is 11.8. The van der Waals surface area contributed by atoms with Crippen LogP contribution in [0.15, 0.2) is 89.7 Å². The predicted octanol–water partition coefficient (Wildman–Crippen LogP) is 4.71. The summed E-state index contributed by atoms with van der Waals surface area (Å²) in [6, 6.07) is 23.1. The zero-order chi connectivity index (χ0) is 26.3. The number of hydrazone groups is 1. The van der Waals surface area contributed by atoms with Crippen LogP contribution in [0.4, 0.5) is 5.69 Å². The van der Waals surface area contributed by atoms with Crippen LogP contribution >= 0.6 is 0 Å². The number of allylic oxidation sites excluding steroid dienone is 2. The van der Waals surface area contributed by atoms with Crippen LogP contribution in [0.1, 0.15) is 35.3 Å². The number of nitrogens with zero attached hydrogens (tertiary/aromatic N) is 2. The summed E-state index contributed by atoms with van der Waals surface area (Å²) in [5.41, 5.74) is 7.21. The Morgan fingerprint density at radius 2 is 1.89 bits per heavy atom. The van der Waals surface area contributed by atoms with Gasteiger partial charge in [0.05, 0.1) is 13.7 Å². The van der Waals surface area contributed by atoms with E-state index in [1.165, 1.54) is 0 Å². The van der Waals surface area contributed by atoms with Crippen molar-refractivity contribution < 1.29 is 19.4 Å². The van der Waals surface area contributed by atoms with E-state index in [0.29, 0.717) is 12.0 Å². The molecule has 192 valence electrons. The van der Waals surface area contributed by atoms with Gasteiger partial charge in [0.1, 0.15) is 18.1 Å². The molecule has 37 heavy (non-hydrogen) atoms. The zero-order valence-electron chi connectivity index (χ0n) is 21.5. The summed E-state index contributed by atoms with van der Waals surface area (Å²) in [6.07, 6.45) is 4.31. The summed E-state index contributed by atoms with van der Waals surface area (Å²) < 4.78 is 11.2. The number of methoxy groups -OCH3 is 1. The van der Waals surface area contributed by atoms with Crippen molar-refractivity contribution >= 4 is 17.8 Å². The number of aliphatic hydroxyl groups excluding tert-OH is 1. The highest BCUT2D eigenvalue weighted by molar-refractivity contribution is 5.94. The molecule has 7 heteroatoms. The van der Waals surface area contributed by atoms with Gasteiger partial charge in [0.2, 0.25) is 0 Å². The van der Waals surface area contributed by atoms with Crippen LogP contribution in [0.2, 0.25) is 0 Å². The molecule has 0 aliphatic carbocycles. The topological polar surface area (TPSA) is 83.4 Å². The zero-order valence-corrected chi connectivity index (χ0v) is 21.5. The van der Waals surface area contributed by atoms with Gasteiger partial charge < -0.3 is 19.5 Å². The number of hydrogen-bond acceptors (Lipinski definition) is 6. The Morgan fingerprint density at radius 1 is 1.08 bits per heavy atom. The number of aliphatic hydroxyl groups is 1. The number of benzene rings is 3. The van der Waals surface area contributed by atoms with Gasteiger partial charge in [-0.25, -0.2) is 5.43 Å². The first-order valence-electron chi connectivity index (χ1n) is 12.4. The van der Waals surface area contributed by atoms with Gasteiger partial charge in [-0.3, -0.25) is 4.79 Å². The van der Waals surface area contributed by atoms with Gasteiger partial charge in [0, 0.05) is 35.1 Å². The van der Waals surface area contributed by atoms with Crippen LogP contribution < -0.4 is 19.8 Å². The lowest BCUT2D eigenvalue weighted by molar-refractivity contribution is 0.0955. The summed E-state index contributed by atoms with van der Waals surface area (Å²) in [5, 5.41) is 13.3. The van der Waals surface area contributed by atoms with Crippen LogP contribution in [-0.4, -0.2) is 44.1 Å². The normalized spacial score (nSPS) is 17.7. The number of carbonyl (C=O) groups is 1. The third kappa shape index (κ3) is 5.67. The van der Waals surface area contributed by atoms with E-state index < -0.39 is 5.41 Å². The number of hydrogen-bond donors (Lipinski definition) is 2. The van der Waals surface area contributed by atoms with Gasteiger partial charge in [-0.1, -0.05) is 30.3 Å². The summed E-state index contributed by atoms with van der Waals surface area (Å²) >= 11 is 0. The van der Waals surface area contributed by atoms with Crippen molar-refractivity contribution in [3.63, 3.8) is 0 Å². The summed E-state index contributed by atoms with van der Waals surface area (Å²) in [4.78, 5) is 14.7. The molecule has 1 unspecified atom stereocenters. The third-order valence-electron chi connectivity index (χ3n) is 6.59. The molecule has 0 aromatic heterocycles. The Kier molecular flexibility index (Phi) is 8.25. The molecule has 1 heterocycles. The Bertz CT molecular complexity index is 1290. The quantitative estimate of drug-likeness (QED) is 0.312. The molecule has 0 spiro atoms. The van der Waals surface area contributed by atoms with E-state index in [4.69, 9.17) is 14.6 Å². The highest BCUT2D eigenvalue weighted by Gasteiger charge is 2.43. The monoisotopic (exact) mass is 499 g/mol. The van der Waals surface area contributed by atoms with E-state index in [9.17, 15) is 4.79 Å². The van der Waals surface area contributed by atoms with E-state index >= 15 is 0 Å². The van der Waals surface area contributed by atoms with E-state index in [1.807, 2.05) is 48.5 Å². The van der Waals surface area contributed by atoms with Crippen LogP contribution in [0, 0.1) is 0 Å². The van der Waals surface area contributed by atoms with Gasteiger partial charge >= 0.3 is 0 Å². The lowest BCUT2D eigenvalue weighted by atomic mass is 9.76. The van der Waals surface area contributed by atoms with Crippen LogP contribution in [-0.2, 0) is 11.8 Å². The molecular weight excluding hydrogens is 466 g/mol. The molecule has 3 aromatic rings. The van der Waals surface area contributed by atoms with Crippen molar-refractivity contribution in [2.45, 2.75) is 25.7 Å². The average molecular weight is 500 g/mol. The predicted molar refractivity (Wildman–Crippen MR) is 147 cm³/mol. The lowest BCUT2D eigenvalue weighted by Crippen LogP contribution is -2.31. The van der Waals surface area contributed by atoms with Crippen molar-refractivity contribution in [1.29, 1.82) is 0 Å². The first-order chi connectivity index (χ1) is 18.0. The first-order valence-corrected chi connectivity index (χ1v) is 12.4. The fourth-order valence-corrected chi connectivity index (χ4v) is 4.86. The number of carbonyl (C=O) groups excluding carboxylic acids is 1. The maximum atomic E-state index is 12.4. The average Bonchev–Trinajstić information content (AvgIpc) is 3.16. The van der Waals surface area contributed by atoms with E-state index in [-0.39, 0.29) is 19.1 Å². The SMILES string of the molecule is CCN1/C(=C\C=N\NC(=O)c2ccccc2)C(C)(Cc2cccc(OCCO)c2)c2cc(OC)ccc21. The maximum Gasteiger partial charge on any atom is 0.271 e. The number of anilines is 1. The summed E-state index contributed by atoms with van der Waals surface area (Å²) in [7, 11) is 1.67. The smallest absolute Gasteiger partial charge is 0.271 e. The van der Waals surface area contributed by atoms with Gasteiger partial charge in [-0.2, -0.15) is 5.10 Å². The van der Waals surface area contributed by atoms with Gasteiger partial charge in [-0.15, -0.1) is 0 Å². The molecule has 0 saturated carbocycles. The fraction of sp³-hybridized carbons (Fsp3) is 0.267. The number of rotatable bonds is 10. The third-order valence-corrected chi connectivity index (χ3v) is 6.59. The number of fused-ring (bicyclic) bond motifs is 1. The van der Waals surface area contributed by atoms with Crippen molar-refractivity contribution in [2.75, 3.05) is 31.8 Å². The minimum absolute atomic E-state index is 0.0341. The molecule has 4 rings (SSSR count). The van der Waals surface area contributed by atoms with Crippen molar-refractivity contribution in [1.82, 2.24) is 5.43 Å². The molecule has 2 N–H and O–H groups in total. The van der Waals surface area contributed by atoms with E-state index in [1.54, 1.807) is 25.5 Å². The largest absolute Gasteiger partial charge is 0.497 e. The van der Waals surface area contributed by atoms with Crippen LogP contribution in [0.5, 0.6) is 11.5 Å². The molecular formula is C30H33N3O4. The highest BCUT2D eigenvalue weighted by atomic mass is 16.5. The fourth-order valence-electron chi connectivity index (χ4n) is 4.86.